The van der Waals surface area contributed by atoms with Crippen LogP contribution in [0.1, 0.15) is 12.5 Å². The van der Waals surface area contributed by atoms with Crippen molar-refractivity contribution in [2.24, 2.45) is 5.10 Å². The minimum absolute atomic E-state index is 0.141. The van der Waals surface area contributed by atoms with Crippen molar-refractivity contribution in [2.45, 2.75) is 6.92 Å². The maximum absolute atomic E-state index is 11.7. The summed E-state index contributed by atoms with van der Waals surface area (Å²) in [7, 11) is 0. The quantitative estimate of drug-likeness (QED) is 0.664. The number of hydrogen-bond donors (Lipinski definition) is 1. The predicted molar refractivity (Wildman–Crippen MR) is 88.8 cm³/mol. The first-order chi connectivity index (χ1) is 10.5. The van der Waals surface area contributed by atoms with E-state index < -0.39 is 0 Å². The van der Waals surface area contributed by atoms with Crippen LogP contribution in [0.2, 0.25) is 10.0 Å². The number of hydrazone groups is 1. The predicted octanol–water partition coefficient (Wildman–Crippen LogP) is 3.91. The molecule has 0 radical (unpaired) electrons. The number of nitrogens with zero attached hydrogens (tertiary/aromatic N) is 1. The molecule has 0 unspecified atom stereocenters. The second-order valence-corrected chi connectivity index (χ2v) is 5.36. The van der Waals surface area contributed by atoms with Gasteiger partial charge in [0.05, 0.1) is 5.71 Å². The van der Waals surface area contributed by atoms with Crippen LogP contribution in [0, 0.1) is 0 Å². The van der Waals surface area contributed by atoms with E-state index >= 15 is 0 Å². The van der Waals surface area contributed by atoms with Crippen LogP contribution in [0.5, 0.6) is 5.75 Å². The molecule has 6 heteroatoms. The van der Waals surface area contributed by atoms with Crippen LogP contribution in [0.25, 0.3) is 0 Å². The van der Waals surface area contributed by atoms with Gasteiger partial charge in [-0.1, -0.05) is 41.4 Å². The molecular weight excluding hydrogens is 323 g/mol. The number of rotatable bonds is 5. The Morgan fingerprint density at radius 2 is 1.86 bits per heavy atom. The molecule has 0 spiro atoms. The molecule has 0 aromatic heterocycles. The van der Waals surface area contributed by atoms with Crippen molar-refractivity contribution in [1.82, 2.24) is 5.43 Å². The Kier molecular flexibility index (Phi) is 5.81. The van der Waals surface area contributed by atoms with Gasteiger partial charge in [-0.15, -0.1) is 0 Å². The van der Waals surface area contributed by atoms with Gasteiger partial charge in [0, 0.05) is 10.0 Å². The molecule has 114 valence electrons. The number of ether oxygens (including phenoxy) is 1. The van der Waals surface area contributed by atoms with Crippen LogP contribution in [-0.4, -0.2) is 18.2 Å². The fourth-order valence-corrected chi connectivity index (χ4v) is 1.95. The Labute approximate surface area is 138 Å². The smallest absolute Gasteiger partial charge is 0.277 e. The van der Waals surface area contributed by atoms with Gasteiger partial charge in [0.1, 0.15) is 5.75 Å². The summed E-state index contributed by atoms with van der Waals surface area (Å²) in [5.74, 6) is 0.175. The van der Waals surface area contributed by atoms with E-state index in [2.05, 4.69) is 10.5 Å². The standard InChI is InChI=1S/C16H14Cl2N2O2/c1-11(12-5-7-13(17)8-6-12)19-20-16(21)10-22-15-4-2-3-14(18)9-15/h2-9H,10H2,1H3,(H,20,21)/b19-11+. The summed E-state index contributed by atoms with van der Waals surface area (Å²) >= 11 is 11.6. The molecule has 0 bridgehead atoms. The van der Waals surface area contributed by atoms with Gasteiger partial charge in [0.2, 0.25) is 0 Å². The molecule has 4 nitrogen and oxygen atoms in total. The molecule has 0 aliphatic heterocycles. The molecule has 0 fully saturated rings. The van der Waals surface area contributed by atoms with Gasteiger partial charge in [-0.25, -0.2) is 5.43 Å². The molecule has 0 aliphatic rings. The average Bonchev–Trinajstić information content (AvgIpc) is 2.51. The summed E-state index contributed by atoms with van der Waals surface area (Å²) < 4.78 is 5.32. The highest BCUT2D eigenvalue weighted by atomic mass is 35.5. The second kappa shape index (κ2) is 7.82. The first-order valence-corrected chi connectivity index (χ1v) is 7.27. The molecule has 1 N–H and O–H groups in total. The van der Waals surface area contributed by atoms with Gasteiger partial charge in [0.25, 0.3) is 5.91 Å². The molecule has 0 heterocycles. The van der Waals surface area contributed by atoms with Crippen LogP contribution < -0.4 is 10.2 Å². The van der Waals surface area contributed by atoms with Gasteiger partial charge in [-0.3, -0.25) is 4.79 Å². The number of hydrogen-bond acceptors (Lipinski definition) is 3. The molecule has 1 amide bonds. The van der Waals surface area contributed by atoms with Crippen LogP contribution in [0.4, 0.5) is 0 Å². The summed E-state index contributed by atoms with van der Waals surface area (Å²) in [6.45, 7) is 1.65. The number of benzene rings is 2. The van der Waals surface area contributed by atoms with Crippen molar-refractivity contribution < 1.29 is 9.53 Å². The lowest BCUT2D eigenvalue weighted by Crippen LogP contribution is -2.25. The number of amides is 1. The lowest BCUT2D eigenvalue weighted by atomic mass is 10.1. The fraction of sp³-hybridized carbons (Fsp3) is 0.125. The third-order valence-electron chi connectivity index (χ3n) is 2.78. The topological polar surface area (TPSA) is 50.7 Å². The van der Waals surface area contributed by atoms with Gasteiger partial charge in [0.15, 0.2) is 6.61 Å². The van der Waals surface area contributed by atoms with Crippen LogP contribution >= 0.6 is 23.2 Å². The molecule has 0 aliphatic carbocycles. The normalized spacial score (nSPS) is 11.1. The largest absolute Gasteiger partial charge is 0.484 e. The van der Waals surface area contributed by atoms with E-state index in [1.54, 1.807) is 43.3 Å². The molecule has 2 aromatic rings. The summed E-state index contributed by atoms with van der Waals surface area (Å²) in [5, 5.41) is 5.22. The molecule has 0 saturated carbocycles. The molecule has 0 saturated heterocycles. The maximum Gasteiger partial charge on any atom is 0.277 e. The molecule has 22 heavy (non-hydrogen) atoms. The SMILES string of the molecule is C/C(=N\NC(=O)COc1cccc(Cl)c1)c1ccc(Cl)cc1. The highest BCUT2D eigenvalue weighted by molar-refractivity contribution is 6.31. The average molecular weight is 337 g/mol. The molecule has 2 rings (SSSR count). The lowest BCUT2D eigenvalue weighted by Gasteiger charge is -2.06. The van der Waals surface area contributed by atoms with Crippen LogP contribution in [-0.2, 0) is 4.79 Å². The van der Waals surface area contributed by atoms with Crippen LogP contribution in [0.15, 0.2) is 53.6 Å². The van der Waals surface area contributed by atoms with E-state index in [1.165, 1.54) is 0 Å². The van der Waals surface area contributed by atoms with Crippen LogP contribution in [0.3, 0.4) is 0 Å². The van der Waals surface area contributed by atoms with Gasteiger partial charge in [-0.05, 0) is 42.8 Å². The number of nitrogens with one attached hydrogen (secondary N) is 1. The number of carbonyl (C=O) groups excluding carboxylic acids is 1. The lowest BCUT2D eigenvalue weighted by molar-refractivity contribution is -0.123. The second-order valence-electron chi connectivity index (χ2n) is 4.49. The Morgan fingerprint density at radius 1 is 1.14 bits per heavy atom. The third-order valence-corrected chi connectivity index (χ3v) is 3.26. The Hall–Kier alpha value is -2.04. The van der Waals surface area contributed by atoms with Crippen molar-refractivity contribution >= 4 is 34.8 Å². The Balaban J connectivity index is 1.86. The number of carbonyl (C=O) groups is 1. The van der Waals surface area contributed by atoms with E-state index in [4.69, 9.17) is 27.9 Å². The maximum atomic E-state index is 11.7. The van der Waals surface area contributed by atoms with Gasteiger partial charge < -0.3 is 4.74 Å². The van der Waals surface area contributed by atoms with Gasteiger partial charge in [-0.2, -0.15) is 5.10 Å². The molecule has 0 atom stereocenters. The highest BCUT2D eigenvalue weighted by Gasteiger charge is 2.03. The van der Waals surface area contributed by atoms with E-state index in [9.17, 15) is 4.79 Å². The van der Waals surface area contributed by atoms with Crippen molar-refractivity contribution in [1.29, 1.82) is 0 Å². The highest BCUT2D eigenvalue weighted by Crippen LogP contribution is 2.16. The Morgan fingerprint density at radius 3 is 2.55 bits per heavy atom. The summed E-state index contributed by atoms with van der Waals surface area (Å²) in [4.78, 5) is 11.7. The molecule has 2 aromatic carbocycles. The zero-order valence-corrected chi connectivity index (χ0v) is 13.4. The first-order valence-electron chi connectivity index (χ1n) is 6.52. The van der Waals surface area contributed by atoms with Crippen molar-refractivity contribution in [3.05, 3.63) is 64.1 Å². The van der Waals surface area contributed by atoms with E-state index in [0.717, 1.165) is 5.56 Å². The minimum Gasteiger partial charge on any atom is -0.484 e. The van der Waals surface area contributed by atoms with Crippen molar-refractivity contribution in [3.8, 4) is 5.75 Å². The van der Waals surface area contributed by atoms with Gasteiger partial charge >= 0.3 is 0 Å². The van der Waals surface area contributed by atoms with E-state index in [1.807, 2.05) is 12.1 Å². The monoisotopic (exact) mass is 336 g/mol. The summed E-state index contributed by atoms with van der Waals surface area (Å²) in [6.07, 6.45) is 0. The van der Waals surface area contributed by atoms with Crippen molar-refractivity contribution in [2.75, 3.05) is 6.61 Å². The van der Waals surface area contributed by atoms with E-state index in [-0.39, 0.29) is 12.5 Å². The summed E-state index contributed by atoms with van der Waals surface area (Å²) in [5.41, 5.74) is 3.99. The zero-order valence-electron chi connectivity index (χ0n) is 11.8. The first kappa shape index (κ1) is 16.3. The third kappa shape index (κ3) is 5.06. The van der Waals surface area contributed by atoms with E-state index in [0.29, 0.717) is 21.5 Å². The Bertz CT molecular complexity index is 685. The minimum atomic E-state index is -0.353. The van der Waals surface area contributed by atoms with Crippen molar-refractivity contribution in [3.63, 3.8) is 0 Å². The number of halogens is 2. The summed E-state index contributed by atoms with van der Waals surface area (Å²) in [6, 6.07) is 14.0. The molecular formula is C16H14Cl2N2O2. The fourth-order valence-electron chi connectivity index (χ4n) is 1.64. The zero-order chi connectivity index (χ0) is 15.9.